The summed E-state index contributed by atoms with van der Waals surface area (Å²) in [4.78, 5) is 12.2. The second-order valence-corrected chi connectivity index (χ2v) is 5.93. The van der Waals surface area contributed by atoms with Gasteiger partial charge in [-0.25, -0.2) is 0 Å². The molecule has 0 spiro atoms. The normalized spacial score (nSPS) is 15.4. The second kappa shape index (κ2) is 6.20. The maximum atomic E-state index is 12.2. The lowest BCUT2D eigenvalue weighted by atomic mass is 10.0. The Labute approximate surface area is 115 Å². The molecule has 0 aromatic heterocycles. The molecule has 2 N–H and O–H groups in total. The number of nitrogens with one attached hydrogen (secondary N) is 2. The van der Waals surface area contributed by atoms with E-state index < -0.39 is 0 Å². The fourth-order valence-electron chi connectivity index (χ4n) is 2.40. The van der Waals surface area contributed by atoms with E-state index in [1.807, 2.05) is 12.1 Å². The Morgan fingerprint density at radius 2 is 1.95 bits per heavy atom. The van der Waals surface area contributed by atoms with Gasteiger partial charge in [0.25, 0.3) is 5.91 Å². The monoisotopic (exact) mass is 260 g/mol. The predicted molar refractivity (Wildman–Crippen MR) is 78.0 cm³/mol. The molecule has 1 aromatic rings. The molecule has 1 unspecified atom stereocenters. The molecule has 1 heterocycles. The summed E-state index contributed by atoms with van der Waals surface area (Å²) >= 11 is 0. The molecule has 1 amide bonds. The molecule has 0 fully saturated rings. The third-order valence-corrected chi connectivity index (χ3v) is 3.65. The van der Waals surface area contributed by atoms with Gasteiger partial charge in [-0.3, -0.25) is 4.79 Å². The number of amides is 1. The van der Waals surface area contributed by atoms with E-state index in [1.54, 1.807) is 0 Å². The molecule has 3 heteroatoms. The molecule has 1 atom stereocenters. The van der Waals surface area contributed by atoms with E-state index in [4.69, 9.17) is 0 Å². The third-order valence-electron chi connectivity index (χ3n) is 3.65. The van der Waals surface area contributed by atoms with E-state index in [0.717, 1.165) is 31.5 Å². The minimum Gasteiger partial charge on any atom is -0.350 e. The van der Waals surface area contributed by atoms with Crippen molar-refractivity contribution in [2.45, 2.75) is 52.7 Å². The Kier molecular flexibility index (Phi) is 4.59. The SMILES string of the molecule is CC(C)CCC(C)NC(=O)c1ccc2c(c1)CNC2. The van der Waals surface area contributed by atoms with Gasteiger partial charge in [0, 0.05) is 24.7 Å². The molecule has 0 saturated carbocycles. The van der Waals surface area contributed by atoms with Gasteiger partial charge < -0.3 is 10.6 Å². The highest BCUT2D eigenvalue weighted by Gasteiger charge is 2.14. The van der Waals surface area contributed by atoms with Crippen LogP contribution in [0.4, 0.5) is 0 Å². The van der Waals surface area contributed by atoms with Crippen LogP contribution >= 0.6 is 0 Å². The van der Waals surface area contributed by atoms with Crippen molar-refractivity contribution in [1.29, 1.82) is 0 Å². The van der Waals surface area contributed by atoms with Gasteiger partial charge in [-0.15, -0.1) is 0 Å². The molecule has 0 saturated heterocycles. The van der Waals surface area contributed by atoms with Crippen LogP contribution in [0.1, 0.15) is 55.1 Å². The average molecular weight is 260 g/mol. The van der Waals surface area contributed by atoms with Crippen molar-refractivity contribution in [3.63, 3.8) is 0 Å². The first-order valence-corrected chi connectivity index (χ1v) is 7.19. The van der Waals surface area contributed by atoms with Crippen LogP contribution in [0.2, 0.25) is 0 Å². The van der Waals surface area contributed by atoms with E-state index in [2.05, 4.69) is 37.5 Å². The Morgan fingerprint density at radius 1 is 1.21 bits per heavy atom. The molecule has 3 nitrogen and oxygen atoms in total. The molecule has 0 aliphatic carbocycles. The van der Waals surface area contributed by atoms with Crippen LogP contribution in [0.3, 0.4) is 0 Å². The summed E-state index contributed by atoms with van der Waals surface area (Å²) in [6, 6.07) is 6.24. The van der Waals surface area contributed by atoms with E-state index in [0.29, 0.717) is 5.92 Å². The highest BCUT2D eigenvalue weighted by Crippen LogP contribution is 2.17. The molecule has 19 heavy (non-hydrogen) atoms. The van der Waals surface area contributed by atoms with Gasteiger partial charge in [-0.1, -0.05) is 19.9 Å². The van der Waals surface area contributed by atoms with Gasteiger partial charge in [-0.05, 0) is 48.9 Å². The maximum absolute atomic E-state index is 12.2. The Hall–Kier alpha value is -1.35. The van der Waals surface area contributed by atoms with Crippen molar-refractivity contribution in [1.82, 2.24) is 10.6 Å². The van der Waals surface area contributed by atoms with Crippen LogP contribution in [-0.4, -0.2) is 11.9 Å². The lowest BCUT2D eigenvalue weighted by Gasteiger charge is -2.15. The molecule has 0 radical (unpaired) electrons. The van der Waals surface area contributed by atoms with E-state index in [-0.39, 0.29) is 11.9 Å². The minimum atomic E-state index is 0.0472. The predicted octanol–water partition coefficient (Wildman–Crippen LogP) is 2.84. The largest absolute Gasteiger partial charge is 0.350 e. The van der Waals surface area contributed by atoms with Crippen LogP contribution in [0, 0.1) is 5.92 Å². The van der Waals surface area contributed by atoms with Crippen LogP contribution in [0.15, 0.2) is 18.2 Å². The summed E-state index contributed by atoms with van der Waals surface area (Å²) in [6.45, 7) is 8.29. The van der Waals surface area contributed by atoms with Crippen molar-refractivity contribution in [2.75, 3.05) is 0 Å². The number of benzene rings is 1. The smallest absolute Gasteiger partial charge is 0.251 e. The fraction of sp³-hybridized carbons (Fsp3) is 0.562. The van der Waals surface area contributed by atoms with Gasteiger partial charge in [0.05, 0.1) is 0 Å². The zero-order chi connectivity index (χ0) is 13.8. The number of carbonyl (C=O) groups is 1. The molecule has 2 rings (SSSR count). The zero-order valence-corrected chi connectivity index (χ0v) is 12.1. The summed E-state index contributed by atoms with van der Waals surface area (Å²) in [5, 5.41) is 6.38. The van der Waals surface area contributed by atoms with Crippen LogP contribution in [0.25, 0.3) is 0 Å². The molecule has 1 aliphatic heterocycles. The fourth-order valence-corrected chi connectivity index (χ4v) is 2.40. The Bertz CT molecular complexity index is 454. The van der Waals surface area contributed by atoms with Gasteiger partial charge in [-0.2, -0.15) is 0 Å². The van der Waals surface area contributed by atoms with Crippen molar-refractivity contribution in [2.24, 2.45) is 5.92 Å². The lowest BCUT2D eigenvalue weighted by Crippen LogP contribution is -2.32. The summed E-state index contributed by atoms with van der Waals surface area (Å²) in [7, 11) is 0. The highest BCUT2D eigenvalue weighted by atomic mass is 16.1. The molecular weight excluding hydrogens is 236 g/mol. The van der Waals surface area contributed by atoms with Crippen LogP contribution in [-0.2, 0) is 13.1 Å². The van der Waals surface area contributed by atoms with E-state index in [1.165, 1.54) is 11.1 Å². The van der Waals surface area contributed by atoms with Crippen molar-refractivity contribution < 1.29 is 4.79 Å². The van der Waals surface area contributed by atoms with Gasteiger partial charge in [0.15, 0.2) is 0 Å². The zero-order valence-electron chi connectivity index (χ0n) is 12.1. The first-order valence-electron chi connectivity index (χ1n) is 7.19. The summed E-state index contributed by atoms with van der Waals surface area (Å²) < 4.78 is 0. The van der Waals surface area contributed by atoms with E-state index >= 15 is 0 Å². The maximum Gasteiger partial charge on any atom is 0.251 e. The third kappa shape index (κ3) is 3.80. The quantitative estimate of drug-likeness (QED) is 0.854. The molecule has 1 aliphatic rings. The Balaban J connectivity index is 1.92. The highest BCUT2D eigenvalue weighted by molar-refractivity contribution is 5.94. The summed E-state index contributed by atoms with van der Waals surface area (Å²) in [6.07, 6.45) is 2.19. The number of carbonyl (C=O) groups excluding carboxylic acids is 1. The van der Waals surface area contributed by atoms with Crippen molar-refractivity contribution in [3.8, 4) is 0 Å². The van der Waals surface area contributed by atoms with Crippen LogP contribution < -0.4 is 10.6 Å². The number of hydrogen-bond donors (Lipinski definition) is 2. The first-order chi connectivity index (χ1) is 9.06. The van der Waals surface area contributed by atoms with Gasteiger partial charge in [0.1, 0.15) is 0 Å². The Morgan fingerprint density at radius 3 is 2.68 bits per heavy atom. The van der Waals surface area contributed by atoms with Gasteiger partial charge >= 0.3 is 0 Å². The minimum absolute atomic E-state index is 0.0472. The standard InChI is InChI=1S/C16H24N2O/c1-11(2)4-5-12(3)18-16(19)13-6-7-14-9-17-10-15(14)8-13/h6-8,11-12,17H,4-5,9-10H2,1-3H3,(H,18,19). The molecule has 0 bridgehead atoms. The molecule has 1 aromatic carbocycles. The number of hydrogen-bond acceptors (Lipinski definition) is 2. The van der Waals surface area contributed by atoms with Gasteiger partial charge in [0.2, 0.25) is 0 Å². The number of fused-ring (bicyclic) bond motifs is 1. The lowest BCUT2D eigenvalue weighted by molar-refractivity contribution is 0.0937. The summed E-state index contributed by atoms with van der Waals surface area (Å²) in [5.74, 6) is 0.733. The van der Waals surface area contributed by atoms with Crippen molar-refractivity contribution >= 4 is 5.91 Å². The molecular formula is C16H24N2O. The first kappa shape index (κ1) is 14.1. The number of rotatable bonds is 5. The van der Waals surface area contributed by atoms with Crippen molar-refractivity contribution in [3.05, 3.63) is 34.9 Å². The average Bonchev–Trinajstić information content (AvgIpc) is 2.83. The van der Waals surface area contributed by atoms with E-state index in [9.17, 15) is 4.79 Å². The van der Waals surface area contributed by atoms with Crippen LogP contribution in [0.5, 0.6) is 0 Å². The second-order valence-electron chi connectivity index (χ2n) is 5.93. The topological polar surface area (TPSA) is 41.1 Å². The summed E-state index contributed by atoms with van der Waals surface area (Å²) in [5.41, 5.74) is 3.34. The molecule has 104 valence electrons.